The topological polar surface area (TPSA) is 33.0 Å². The molecule has 0 fully saturated rings. The monoisotopic (exact) mass is 307 g/mol. The lowest BCUT2D eigenvalue weighted by molar-refractivity contribution is 0.411. The number of benzene rings is 1. The van der Waals surface area contributed by atoms with E-state index in [1.165, 1.54) is 0 Å². The molecule has 1 rings (SSSR count). The van der Waals surface area contributed by atoms with Crippen molar-refractivity contribution in [2.75, 3.05) is 7.11 Å². The lowest BCUT2D eigenvalue weighted by Gasteiger charge is -2.08. The van der Waals surface area contributed by atoms with Gasteiger partial charge < -0.3 is 4.74 Å². The number of ether oxygens (including phenoxy) is 1. The summed E-state index contributed by atoms with van der Waals surface area (Å²) in [5, 5.41) is 9.13. The SMILES string of the molecule is COc1c(Cl)cc(I)cc1CC#N. The quantitative estimate of drug-likeness (QED) is 0.787. The molecule has 0 aliphatic rings. The Bertz CT molecular complexity index is 359. The average molecular weight is 308 g/mol. The minimum absolute atomic E-state index is 0.319. The molecule has 0 saturated carbocycles. The van der Waals surface area contributed by atoms with Gasteiger partial charge in [0.1, 0.15) is 5.75 Å². The summed E-state index contributed by atoms with van der Waals surface area (Å²) in [5.41, 5.74) is 0.835. The molecule has 0 aliphatic carbocycles. The Morgan fingerprint density at radius 3 is 2.85 bits per heavy atom. The molecule has 1 aromatic carbocycles. The average Bonchev–Trinajstić information content (AvgIpc) is 2.04. The van der Waals surface area contributed by atoms with E-state index in [1.807, 2.05) is 12.1 Å². The maximum absolute atomic E-state index is 8.57. The number of hydrogen-bond donors (Lipinski definition) is 0. The molecule has 0 unspecified atom stereocenters. The highest BCUT2D eigenvalue weighted by Gasteiger charge is 2.08. The van der Waals surface area contributed by atoms with Crippen LogP contribution in [0.15, 0.2) is 12.1 Å². The van der Waals surface area contributed by atoms with Crippen LogP contribution < -0.4 is 4.74 Å². The van der Waals surface area contributed by atoms with Crippen LogP contribution >= 0.6 is 34.2 Å². The summed E-state index contributed by atoms with van der Waals surface area (Å²) >= 11 is 8.09. The first kappa shape index (κ1) is 10.6. The lowest BCUT2D eigenvalue weighted by atomic mass is 10.1. The van der Waals surface area contributed by atoms with Crippen LogP contribution in [0.3, 0.4) is 0 Å². The summed E-state index contributed by atoms with van der Waals surface area (Å²) < 4.78 is 6.11. The third-order valence-electron chi connectivity index (χ3n) is 1.56. The first-order chi connectivity index (χ1) is 6.19. The van der Waals surface area contributed by atoms with Crippen LogP contribution in [0, 0.1) is 14.9 Å². The van der Waals surface area contributed by atoms with Gasteiger partial charge in [-0.3, -0.25) is 0 Å². The van der Waals surface area contributed by atoms with E-state index in [1.54, 1.807) is 7.11 Å². The Balaban J connectivity index is 3.23. The second-order valence-corrected chi connectivity index (χ2v) is 4.07. The van der Waals surface area contributed by atoms with E-state index in [2.05, 4.69) is 28.7 Å². The number of nitrogens with zero attached hydrogens (tertiary/aromatic N) is 1. The van der Waals surface area contributed by atoms with Crippen molar-refractivity contribution in [2.45, 2.75) is 6.42 Å². The molecule has 0 radical (unpaired) electrons. The van der Waals surface area contributed by atoms with E-state index in [-0.39, 0.29) is 0 Å². The van der Waals surface area contributed by atoms with Crippen LogP contribution in [-0.4, -0.2) is 7.11 Å². The van der Waals surface area contributed by atoms with Crippen LogP contribution in [0.4, 0.5) is 0 Å². The van der Waals surface area contributed by atoms with Crippen LogP contribution in [0.5, 0.6) is 5.75 Å². The lowest BCUT2D eigenvalue weighted by Crippen LogP contribution is -1.93. The third kappa shape index (κ3) is 2.48. The van der Waals surface area contributed by atoms with Gasteiger partial charge in [0, 0.05) is 9.13 Å². The number of halogens is 2. The molecule has 0 amide bonds. The molecule has 0 bridgehead atoms. The molecule has 2 nitrogen and oxygen atoms in total. The maximum atomic E-state index is 8.57. The molecular weight excluding hydrogens is 300 g/mol. The second-order valence-electron chi connectivity index (χ2n) is 2.41. The second kappa shape index (κ2) is 4.68. The van der Waals surface area contributed by atoms with Gasteiger partial charge >= 0.3 is 0 Å². The molecular formula is C9H7ClINO. The Morgan fingerprint density at radius 2 is 2.31 bits per heavy atom. The Hall–Kier alpha value is -0.470. The van der Waals surface area contributed by atoms with Crippen molar-refractivity contribution >= 4 is 34.2 Å². The molecule has 0 spiro atoms. The fourth-order valence-corrected chi connectivity index (χ4v) is 2.25. The Kier molecular flexibility index (Phi) is 3.82. The van der Waals surface area contributed by atoms with Gasteiger partial charge in [0.05, 0.1) is 24.6 Å². The van der Waals surface area contributed by atoms with E-state index in [4.69, 9.17) is 21.6 Å². The molecule has 0 saturated heterocycles. The van der Waals surface area contributed by atoms with Crippen LogP contribution in [0.1, 0.15) is 5.56 Å². The fraction of sp³-hybridized carbons (Fsp3) is 0.222. The molecule has 0 N–H and O–H groups in total. The highest BCUT2D eigenvalue weighted by atomic mass is 127. The van der Waals surface area contributed by atoms with E-state index < -0.39 is 0 Å². The number of hydrogen-bond acceptors (Lipinski definition) is 2. The van der Waals surface area contributed by atoms with Crippen LogP contribution in [-0.2, 0) is 6.42 Å². The molecule has 13 heavy (non-hydrogen) atoms. The first-order valence-corrected chi connectivity index (χ1v) is 5.03. The van der Waals surface area contributed by atoms with Crippen molar-refractivity contribution in [3.8, 4) is 11.8 Å². The van der Waals surface area contributed by atoms with Crippen molar-refractivity contribution in [2.24, 2.45) is 0 Å². The fourth-order valence-electron chi connectivity index (χ4n) is 1.06. The predicted octanol–water partition coefficient (Wildman–Crippen LogP) is 3.02. The number of methoxy groups -OCH3 is 1. The van der Waals surface area contributed by atoms with Gasteiger partial charge in [-0.15, -0.1) is 0 Å². The van der Waals surface area contributed by atoms with Gasteiger partial charge in [-0.05, 0) is 34.7 Å². The standard InChI is InChI=1S/C9H7ClINO/c1-13-9-6(2-3-12)4-7(11)5-8(9)10/h4-5H,2H2,1H3. The van der Waals surface area contributed by atoms with Gasteiger partial charge in [0.2, 0.25) is 0 Å². The molecule has 0 aromatic heterocycles. The van der Waals surface area contributed by atoms with E-state index in [0.717, 1.165) is 9.13 Å². The van der Waals surface area contributed by atoms with Gasteiger partial charge in [-0.25, -0.2) is 0 Å². The van der Waals surface area contributed by atoms with Crippen molar-refractivity contribution in [1.82, 2.24) is 0 Å². The summed E-state index contributed by atoms with van der Waals surface area (Å²) in [6, 6.07) is 5.78. The van der Waals surface area contributed by atoms with Crippen molar-refractivity contribution in [1.29, 1.82) is 5.26 Å². The zero-order valence-electron chi connectivity index (χ0n) is 6.97. The summed E-state index contributed by atoms with van der Waals surface area (Å²) in [5.74, 6) is 0.601. The summed E-state index contributed by atoms with van der Waals surface area (Å²) in [6.45, 7) is 0. The highest BCUT2D eigenvalue weighted by molar-refractivity contribution is 14.1. The molecule has 4 heteroatoms. The van der Waals surface area contributed by atoms with Crippen LogP contribution in [0.2, 0.25) is 5.02 Å². The van der Waals surface area contributed by atoms with E-state index >= 15 is 0 Å². The summed E-state index contributed by atoms with van der Waals surface area (Å²) in [4.78, 5) is 0. The van der Waals surface area contributed by atoms with Crippen LogP contribution in [0.25, 0.3) is 0 Å². The van der Waals surface area contributed by atoms with Crippen molar-refractivity contribution < 1.29 is 4.74 Å². The molecule has 0 heterocycles. The summed E-state index contributed by atoms with van der Waals surface area (Å²) in [7, 11) is 1.55. The predicted molar refractivity (Wildman–Crippen MR) is 60.0 cm³/mol. The molecule has 0 atom stereocenters. The zero-order chi connectivity index (χ0) is 9.84. The smallest absolute Gasteiger partial charge is 0.141 e. The van der Waals surface area contributed by atoms with Gasteiger partial charge in [-0.2, -0.15) is 5.26 Å². The van der Waals surface area contributed by atoms with Gasteiger partial charge in [0.25, 0.3) is 0 Å². The van der Waals surface area contributed by atoms with Crippen molar-refractivity contribution in [3.05, 3.63) is 26.3 Å². The first-order valence-electron chi connectivity index (χ1n) is 3.58. The minimum atomic E-state index is 0.319. The third-order valence-corrected chi connectivity index (χ3v) is 2.46. The molecule has 1 aromatic rings. The largest absolute Gasteiger partial charge is 0.495 e. The Morgan fingerprint density at radius 1 is 1.62 bits per heavy atom. The molecule has 68 valence electrons. The minimum Gasteiger partial charge on any atom is -0.495 e. The zero-order valence-corrected chi connectivity index (χ0v) is 9.89. The van der Waals surface area contributed by atoms with Gasteiger partial charge in [-0.1, -0.05) is 11.6 Å². The van der Waals surface area contributed by atoms with E-state index in [9.17, 15) is 0 Å². The normalized spacial score (nSPS) is 9.38. The maximum Gasteiger partial charge on any atom is 0.141 e. The highest BCUT2D eigenvalue weighted by Crippen LogP contribution is 2.30. The van der Waals surface area contributed by atoms with Crippen molar-refractivity contribution in [3.63, 3.8) is 0 Å². The van der Waals surface area contributed by atoms with E-state index in [0.29, 0.717) is 17.2 Å². The van der Waals surface area contributed by atoms with Gasteiger partial charge in [0.15, 0.2) is 0 Å². The number of nitriles is 1. The number of rotatable bonds is 2. The summed E-state index contributed by atoms with van der Waals surface area (Å²) in [6.07, 6.45) is 0.319. The molecule has 0 aliphatic heterocycles. The Labute approximate surface area is 95.6 Å².